The molecule has 0 unspecified atom stereocenters. The number of nitrogens with one attached hydrogen (secondary N) is 1. The van der Waals surface area contributed by atoms with Gasteiger partial charge in [-0.1, -0.05) is 0 Å². The Labute approximate surface area is 86.9 Å². The summed E-state index contributed by atoms with van der Waals surface area (Å²) < 4.78 is 15.0. The summed E-state index contributed by atoms with van der Waals surface area (Å²) in [6, 6.07) is 5.04. The van der Waals surface area contributed by atoms with Crippen LogP contribution >= 0.6 is 0 Å². The van der Waals surface area contributed by atoms with Crippen LogP contribution in [0.15, 0.2) is 18.2 Å². The molecule has 1 aliphatic rings. The van der Waals surface area contributed by atoms with E-state index in [2.05, 4.69) is 5.32 Å². The Morgan fingerprint density at radius 1 is 1.47 bits per heavy atom. The zero-order valence-electron chi connectivity index (χ0n) is 8.28. The Kier molecular flexibility index (Phi) is 2.73. The predicted molar refractivity (Wildman–Crippen MR) is 51.9 cm³/mol. The molecule has 0 saturated carbocycles. The van der Waals surface area contributed by atoms with Gasteiger partial charge < -0.3 is 19.5 Å². The highest BCUT2D eigenvalue weighted by Crippen LogP contribution is 2.32. The largest absolute Gasteiger partial charge is 0.454 e. The molecule has 1 amide bonds. The highest BCUT2D eigenvalue weighted by atomic mass is 16.7. The second-order valence-corrected chi connectivity index (χ2v) is 3.01. The highest BCUT2D eigenvalue weighted by molar-refractivity contribution is 5.94. The minimum absolute atomic E-state index is 0.188. The van der Waals surface area contributed by atoms with Gasteiger partial charge in [-0.3, -0.25) is 4.79 Å². The van der Waals surface area contributed by atoms with Gasteiger partial charge in [0.15, 0.2) is 11.5 Å². The van der Waals surface area contributed by atoms with Crippen LogP contribution in [0.4, 0.5) is 0 Å². The third-order valence-electron chi connectivity index (χ3n) is 2.01. The molecular formula is C10H11NO4. The molecule has 5 nitrogen and oxygen atoms in total. The van der Waals surface area contributed by atoms with Gasteiger partial charge in [0.1, 0.15) is 6.73 Å². The molecule has 0 fully saturated rings. The Morgan fingerprint density at radius 3 is 3.07 bits per heavy atom. The Hall–Kier alpha value is -1.75. The van der Waals surface area contributed by atoms with E-state index >= 15 is 0 Å². The van der Waals surface area contributed by atoms with Gasteiger partial charge in [-0.25, -0.2) is 0 Å². The van der Waals surface area contributed by atoms with Crippen molar-refractivity contribution in [2.75, 3.05) is 20.6 Å². The molecule has 0 radical (unpaired) electrons. The summed E-state index contributed by atoms with van der Waals surface area (Å²) in [5, 5.41) is 2.58. The molecule has 1 aromatic carbocycles. The topological polar surface area (TPSA) is 56.8 Å². The Balaban J connectivity index is 2.12. The van der Waals surface area contributed by atoms with Gasteiger partial charge in [0.2, 0.25) is 6.79 Å². The summed E-state index contributed by atoms with van der Waals surface area (Å²) in [5.74, 6) is 1.06. The second-order valence-electron chi connectivity index (χ2n) is 3.01. The van der Waals surface area contributed by atoms with E-state index in [0.29, 0.717) is 17.1 Å². The first-order valence-electron chi connectivity index (χ1n) is 4.48. The number of amides is 1. The second kappa shape index (κ2) is 4.18. The first kappa shape index (κ1) is 9.79. The molecule has 0 aliphatic carbocycles. The molecular weight excluding hydrogens is 198 g/mol. The maximum Gasteiger partial charge on any atom is 0.253 e. The molecule has 1 aromatic rings. The van der Waals surface area contributed by atoms with Gasteiger partial charge in [-0.05, 0) is 18.2 Å². The van der Waals surface area contributed by atoms with Crippen LogP contribution in [0.25, 0.3) is 0 Å². The summed E-state index contributed by atoms with van der Waals surface area (Å²) in [5.41, 5.74) is 0.524. The van der Waals surface area contributed by atoms with Gasteiger partial charge in [0, 0.05) is 12.7 Å². The number of hydrogen-bond acceptors (Lipinski definition) is 4. The molecule has 1 aliphatic heterocycles. The van der Waals surface area contributed by atoms with Crippen LogP contribution in [0.3, 0.4) is 0 Å². The fraction of sp³-hybridized carbons (Fsp3) is 0.300. The van der Waals surface area contributed by atoms with Crippen molar-refractivity contribution < 1.29 is 19.0 Å². The van der Waals surface area contributed by atoms with Crippen molar-refractivity contribution in [2.45, 2.75) is 0 Å². The van der Waals surface area contributed by atoms with E-state index in [4.69, 9.17) is 14.2 Å². The Bertz CT molecular complexity index is 378. The van der Waals surface area contributed by atoms with Crippen LogP contribution in [0, 0.1) is 0 Å². The molecule has 0 bridgehead atoms. The number of ether oxygens (including phenoxy) is 3. The quantitative estimate of drug-likeness (QED) is 0.746. The third-order valence-corrected chi connectivity index (χ3v) is 2.01. The lowest BCUT2D eigenvalue weighted by atomic mass is 10.2. The van der Waals surface area contributed by atoms with Crippen molar-refractivity contribution in [1.29, 1.82) is 0 Å². The van der Waals surface area contributed by atoms with E-state index in [-0.39, 0.29) is 19.4 Å². The third kappa shape index (κ3) is 2.02. The average molecular weight is 209 g/mol. The van der Waals surface area contributed by atoms with Gasteiger partial charge >= 0.3 is 0 Å². The van der Waals surface area contributed by atoms with Crippen LogP contribution in [-0.2, 0) is 4.74 Å². The maximum absolute atomic E-state index is 11.5. The molecule has 2 rings (SSSR count). The van der Waals surface area contributed by atoms with Crippen molar-refractivity contribution in [3.63, 3.8) is 0 Å². The molecule has 0 atom stereocenters. The van der Waals surface area contributed by atoms with Gasteiger partial charge in [-0.2, -0.15) is 0 Å². The van der Waals surface area contributed by atoms with E-state index in [1.807, 2.05) is 0 Å². The van der Waals surface area contributed by atoms with Crippen LogP contribution in [-0.4, -0.2) is 26.5 Å². The van der Waals surface area contributed by atoms with Gasteiger partial charge in [0.05, 0.1) is 0 Å². The molecule has 0 saturated heterocycles. The number of rotatable bonds is 3. The summed E-state index contributed by atoms with van der Waals surface area (Å²) in [6.07, 6.45) is 0. The van der Waals surface area contributed by atoms with Gasteiger partial charge in [-0.15, -0.1) is 0 Å². The van der Waals surface area contributed by atoms with Crippen LogP contribution in [0.5, 0.6) is 11.5 Å². The average Bonchev–Trinajstić information content (AvgIpc) is 2.72. The lowest BCUT2D eigenvalue weighted by Gasteiger charge is -2.04. The fourth-order valence-corrected chi connectivity index (χ4v) is 1.28. The zero-order valence-corrected chi connectivity index (χ0v) is 8.28. The smallest absolute Gasteiger partial charge is 0.253 e. The number of carbonyl (C=O) groups is 1. The standard InChI is InChI=1S/C10H11NO4/c1-13-5-11-10(12)7-2-3-8-9(4-7)15-6-14-8/h2-4H,5-6H2,1H3,(H,11,12). The van der Waals surface area contributed by atoms with Crippen molar-refractivity contribution >= 4 is 5.91 Å². The molecule has 0 spiro atoms. The zero-order chi connectivity index (χ0) is 10.7. The monoisotopic (exact) mass is 209 g/mol. The summed E-state index contributed by atoms with van der Waals surface area (Å²) in [6.45, 7) is 0.395. The van der Waals surface area contributed by atoms with Crippen LogP contribution in [0.2, 0.25) is 0 Å². The lowest BCUT2D eigenvalue weighted by molar-refractivity contribution is 0.0872. The van der Waals surface area contributed by atoms with E-state index in [1.54, 1.807) is 18.2 Å². The number of benzene rings is 1. The van der Waals surface area contributed by atoms with Crippen LogP contribution < -0.4 is 14.8 Å². The number of methoxy groups -OCH3 is 1. The minimum Gasteiger partial charge on any atom is -0.454 e. The fourth-order valence-electron chi connectivity index (χ4n) is 1.28. The molecule has 15 heavy (non-hydrogen) atoms. The number of carbonyl (C=O) groups excluding carboxylic acids is 1. The maximum atomic E-state index is 11.5. The first-order valence-corrected chi connectivity index (χ1v) is 4.48. The number of hydrogen-bond donors (Lipinski definition) is 1. The van der Waals surface area contributed by atoms with Crippen molar-refractivity contribution in [2.24, 2.45) is 0 Å². The van der Waals surface area contributed by atoms with E-state index in [9.17, 15) is 4.79 Å². The van der Waals surface area contributed by atoms with Crippen LogP contribution in [0.1, 0.15) is 10.4 Å². The van der Waals surface area contributed by atoms with E-state index in [1.165, 1.54) is 7.11 Å². The lowest BCUT2D eigenvalue weighted by Crippen LogP contribution is -2.25. The SMILES string of the molecule is COCNC(=O)c1ccc2c(c1)OCO2. The Morgan fingerprint density at radius 2 is 2.27 bits per heavy atom. The first-order chi connectivity index (χ1) is 7.31. The minimum atomic E-state index is -0.199. The summed E-state index contributed by atoms with van der Waals surface area (Å²) >= 11 is 0. The summed E-state index contributed by atoms with van der Waals surface area (Å²) in [4.78, 5) is 11.5. The molecule has 1 heterocycles. The normalized spacial score (nSPS) is 12.6. The summed E-state index contributed by atoms with van der Waals surface area (Å²) in [7, 11) is 1.51. The van der Waals surface area contributed by atoms with E-state index < -0.39 is 0 Å². The molecule has 0 aromatic heterocycles. The van der Waals surface area contributed by atoms with E-state index in [0.717, 1.165) is 0 Å². The molecule has 1 N–H and O–H groups in total. The predicted octanol–water partition coefficient (Wildman–Crippen LogP) is 0.749. The van der Waals surface area contributed by atoms with Gasteiger partial charge in [0.25, 0.3) is 5.91 Å². The highest BCUT2D eigenvalue weighted by Gasteiger charge is 2.15. The van der Waals surface area contributed by atoms with Crippen molar-refractivity contribution in [3.8, 4) is 11.5 Å². The van der Waals surface area contributed by atoms with Crippen molar-refractivity contribution in [3.05, 3.63) is 23.8 Å². The van der Waals surface area contributed by atoms with Crippen molar-refractivity contribution in [1.82, 2.24) is 5.32 Å². The molecule has 5 heteroatoms. The number of fused-ring (bicyclic) bond motifs is 1. The molecule has 80 valence electrons.